The number of oxazole rings is 2. The van der Waals surface area contributed by atoms with Crippen LogP contribution in [-0.4, -0.2) is 22.3 Å². The van der Waals surface area contributed by atoms with Gasteiger partial charge in [-0.05, 0) is 79.4 Å². The standard InChI is InChI=1S/C34H26F6N2O2/c1-19-5-9-22(10-6-19)31(3,33(35,36)37)23-11-7-21(8-12-23)30-42-27-18-25(14-16-29(27)44-30)32(4,34(38,39)40)24-13-15-28-26(17-24)41-20(2)43-28/h5-18H,1-4H3. The van der Waals surface area contributed by atoms with Crippen molar-refractivity contribution in [3.05, 3.63) is 119 Å². The minimum Gasteiger partial charge on any atom is -0.441 e. The van der Waals surface area contributed by atoms with Gasteiger partial charge < -0.3 is 8.83 Å². The van der Waals surface area contributed by atoms with E-state index >= 15 is 0 Å². The number of alkyl halides is 6. The first-order chi connectivity index (χ1) is 20.6. The van der Waals surface area contributed by atoms with Crippen molar-refractivity contribution in [3.8, 4) is 11.5 Å². The van der Waals surface area contributed by atoms with Crippen molar-refractivity contribution in [1.29, 1.82) is 0 Å². The first kappa shape index (κ1) is 29.5. The van der Waals surface area contributed by atoms with Gasteiger partial charge in [0.25, 0.3) is 0 Å². The fourth-order valence-electron chi connectivity index (χ4n) is 5.54. The van der Waals surface area contributed by atoms with Gasteiger partial charge in [0.15, 0.2) is 17.1 Å². The number of fused-ring (bicyclic) bond motifs is 2. The molecule has 0 bridgehead atoms. The fraction of sp³-hybridized carbons (Fsp3) is 0.235. The van der Waals surface area contributed by atoms with Gasteiger partial charge in [0.2, 0.25) is 5.89 Å². The van der Waals surface area contributed by atoms with Gasteiger partial charge in [-0.3, -0.25) is 0 Å². The Morgan fingerprint density at radius 3 is 1.48 bits per heavy atom. The summed E-state index contributed by atoms with van der Waals surface area (Å²) in [4.78, 5) is 8.59. The summed E-state index contributed by atoms with van der Waals surface area (Å²) >= 11 is 0. The van der Waals surface area contributed by atoms with Crippen molar-refractivity contribution in [2.24, 2.45) is 0 Å². The van der Waals surface area contributed by atoms with E-state index in [1.165, 1.54) is 72.8 Å². The van der Waals surface area contributed by atoms with Crippen molar-refractivity contribution >= 4 is 22.2 Å². The van der Waals surface area contributed by atoms with Crippen LogP contribution in [0.1, 0.15) is 47.6 Å². The molecule has 2 heterocycles. The Morgan fingerprint density at radius 1 is 0.523 bits per heavy atom. The van der Waals surface area contributed by atoms with Crippen molar-refractivity contribution in [3.63, 3.8) is 0 Å². The summed E-state index contributed by atoms with van der Waals surface area (Å²) < 4.78 is 98.8. The minimum absolute atomic E-state index is 0.0225. The first-order valence-corrected chi connectivity index (χ1v) is 13.7. The Morgan fingerprint density at radius 2 is 0.955 bits per heavy atom. The molecule has 44 heavy (non-hydrogen) atoms. The summed E-state index contributed by atoms with van der Waals surface area (Å²) in [5, 5.41) is 0. The highest BCUT2D eigenvalue weighted by atomic mass is 19.4. The highest BCUT2D eigenvalue weighted by Gasteiger charge is 2.54. The van der Waals surface area contributed by atoms with E-state index in [1.54, 1.807) is 26.0 Å². The molecule has 0 fully saturated rings. The molecule has 0 aliphatic carbocycles. The van der Waals surface area contributed by atoms with Crippen LogP contribution in [0.25, 0.3) is 33.7 Å². The van der Waals surface area contributed by atoms with E-state index in [2.05, 4.69) is 9.97 Å². The molecule has 0 saturated carbocycles. The van der Waals surface area contributed by atoms with Gasteiger partial charge in [-0.2, -0.15) is 26.3 Å². The maximum Gasteiger partial charge on any atom is 0.402 e. The third-order valence-electron chi connectivity index (χ3n) is 8.51. The molecule has 2 aromatic heterocycles. The number of hydrogen-bond acceptors (Lipinski definition) is 4. The molecule has 0 aliphatic rings. The molecule has 0 amide bonds. The number of aromatic nitrogens is 2. The largest absolute Gasteiger partial charge is 0.441 e. The molecular formula is C34H26F6N2O2. The van der Waals surface area contributed by atoms with E-state index in [0.717, 1.165) is 19.4 Å². The zero-order valence-electron chi connectivity index (χ0n) is 24.1. The predicted octanol–water partition coefficient (Wildman–Crippen LogP) is 9.99. The summed E-state index contributed by atoms with van der Waals surface area (Å²) in [6.45, 7) is 5.64. The van der Waals surface area contributed by atoms with Gasteiger partial charge in [0, 0.05) is 12.5 Å². The SMILES string of the molecule is Cc1ccc(C(C)(c2ccc(-c3nc4cc(C(C)(c5ccc6oc(C)nc6c5)C(F)(F)F)ccc4o3)cc2)C(F)(F)F)cc1. The van der Waals surface area contributed by atoms with Crippen LogP contribution in [0.4, 0.5) is 26.3 Å². The highest BCUT2D eigenvalue weighted by molar-refractivity contribution is 5.78. The third-order valence-corrected chi connectivity index (χ3v) is 8.51. The zero-order valence-corrected chi connectivity index (χ0v) is 24.1. The number of nitrogens with zero attached hydrogens (tertiary/aromatic N) is 2. The molecule has 0 aliphatic heterocycles. The van der Waals surface area contributed by atoms with Crippen LogP contribution >= 0.6 is 0 Å². The van der Waals surface area contributed by atoms with E-state index in [9.17, 15) is 26.3 Å². The molecule has 226 valence electrons. The Kier molecular flexibility index (Phi) is 6.68. The van der Waals surface area contributed by atoms with Crippen LogP contribution in [0, 0.1) is 13.8 Å². The second-order valence-corrected chi connectivity index (χ2v) is 11.3. The molecule has 2 unspecified atom stereocenters. The molecule has 2 atom stereocenters. The number of rotatable bonds is 5. The highest BCUT2D eigenvalue weighted by Crippen LogP contribution is 2.48. The van der Waals surface area contributed by atoms with Gasteiger partial charge in [0.1, 0.15) is 21.9 Å². The second kappa shape index (κ2) is 9.97. The smallest absolute Gasteiger partial charge is 0.402 e. The number of halogens is 6. The van der Waals surface area contributed by atoms with E-state index in [0.29, 0.717) is 22.6 Å². The summed E-state index contributed by atoms with van der Waals surface area (Å²) in [5.41, 5.74) is -2.32. The summed E-state index contributed by atoms with van der Waals surface area (Å²) in [7, 11) is 0. The lowest BCUT2D eigenvalue weighted by atomic mass is 9.75. The van der Waals surface area contributed by atoms with Gasteiger partial charge in [-0.25, -0.2) is 9.97 Å². The number of benzene rings is 4. The van der Waals surface area contributed by atoms with Crippen LogP contribution in [0.3, 0.4) is 0 Å². The van der Waals surface area contributed by atoms with E-state index in [1.807, 2.05) is 0 Å². The first-order valence-electron chi connectivity index (χ1n) is 13.7. The molecule has 4 aromatic carbocycles. The average Bonchev–Trinajstić information content (AvgIpc) is 3.57. The maximum atomic E-state index is 14.7. The molecule has 6 aromatic rings. The zero-order chi connectivity index (χ0) is 31.7. The van der Waals surface area contributed by atoms with Gasteiger partial charge in [-0.15, -0.1) is 0 Å². The normalized spacial score (nSPS) is 15.4. The molecule has 6 rings (SSSR count). The fourth-order valence-corrected chi connectivity index (χ4v) is 5.54. The minimum atomic E-state index is -4.68. The molecule has 0 saturated heterocycles. The molecular weight excluding hydrogens is 582 g/mol. The Balaban J connectivity index is 1.38. The maximum absolute atomic E-state index is 14.7. The van der Waals surface area contributed by atoms with Crippen LogP contribution in [0.15, 0.2) is 93.8 Å². The molecule has 0 N–H and O–H groups in total. The lowest BCUT2D eigenvalue weighted by Gasteiger charge is -2.33. The Bertz CT molecular complexity index is 1990. The monoisotopic (exact) mass is 608 g/mol. The van der Waals surface area contributed by atoms with Crippen molar-refractivity contribution in [1.82, 2.24) is 9.97 Å². The van der Waals surface area contributed by atoms with Crippen LogP contribution in [0.5, 0.6) is 0 Å². The third kappa shape index (κ3) is 4.63. The number of aryl methyl sites for hydroxylation is 2. The van der Waals surface area contributed by atoms with Gasteiger partial charge in [0.05, 0.1) is 0 Å². The van der Waals surface area contributed by atoms with Crippen LogP contribution in [-0.2, 0) is 10.8 Å². The molecule has 0 radical (unpaired) electrons. The van der Waals surface area contributed by atoms with Crippen molar-refractivity contribution in [2.45, 2.75) is 50.9 Å². The lowest BCUT2D eigenvalue weighted by molar-refractivity contribution is -0.173. The van der Waals surface area contributed by atoms with Crippen molar-refractivity contribution < 1.29 is 35.2 Å². The number of hydrogen-bond donors (Lipinski definition) is 0. The van der Waals surface area contributed by atoms with Gasteiger partial charge >= 0.3 is 12.4 Å². The topological polar surface area (TPSA) is 52.1 Å². The lowest BCUT2D eigenvalue weighted by Crippen LogP contribution is -2.40. The summed E-state index contributed by atoms with van der Waals surface area (Å²) in [6.07, 6.45) is -9.27. The van der Waals surface area contributed by atoms with Crippen LogP contribution < -0.4 is 0 Å². The summed E-state index contributed by atoms with van der Waals surface area (Å²) in [5.74, 6) is 0.412. The molecule has 10 heteroatoms. The summed E-state index contributed by atoms with van der Waals surface area (Å²) in [6, 6.07) is 20.1. The molecule has 4 nitrogen and oxygen atoms in total. The van der Waals surface area contributed by atoms with Gasteiger partial charge in [-0.1, -0.05) is 54.1 Å². The average molecular weight is 609 g/mol. The Labute approximate surface area is 248 Å². The second-order valence-electron chi connectivity index (χ2n) is 11.3. The predicted molar refractivity (Wildman–Crippen MR) is 154 cm³/mol. The van der Waals surface area contributed by atoms with E-state index < -0.39 is 23.2 Å². The molecule has 0 spiro atoms. The van der Waals surface area contributed by atoms with Crippen molar-refractivity contribution in [2.75, 3.05) is 0 Å². The quantitative estimate of drug-likeness (QED) is 0.183. The Hall–Kier alpha value is -4.60. The van der Waals surface area contributed by atoms with E-state index in [4.69, 9.17) is 8.83 Å². The van der Waals surface area contributed by atoms with Crippen LogP contribution in [0.2, 0.25) is 0 Å². The van der Waals surface area contributed by atoms with E-state index in [-0.39, 0.29) is 39.2 Å².